The molecule has 2 aromatic heterocycles. The van der Waals surface area contributed by atoms with Crippen LogP contribution in [0.4, 0.5) is 0 Å². The second kappa shape index (κ2) is 5.89. The Hall–Kier alpha value is -2.82. The maximum atomic E-state index is 12.4. The molecule has 0 bridgehead atoms. The third-order valence-corrected chi connectivity index (χ3v) is 3.50. The zero-order chi connectivity index (χ0) is 15.5. The number of fused-ring (bicyclic) bond motifs is 1. The molecule has 0 radical (unpaired) electrons. The number of aromatic nitrogens is 2. The SMILES string of the molecule is CCOC(=O)c1c[nH]c2c(ccn2Cc2ccccc2)c1=O. The molecule has 0 saturated heterocycles. The van der Waals surface area contributed by atoms with Crippen molar-refractivity contribution < 1.29 is 9.53 Å². The lowest BCUT2D eigenvalue weighted by Gasteiger charge is -2.06. The summed E-state index contributed by atoms with van der Waals surface area (Å²) in [7, 11) is 0. The van der Waals surface area contributed by atoms with E-state index >= 15 is 0 Å². The number of pyridine rings is 1. The molecular weight excluding hydrogens is 280 g/mol. The van der Waals surface area contributed by atoms with Gasteiger partial charge in [-0.15, -0.1) is 0 Å². The van der Waals surface area contributed by atoms with Gasteiger partial charge in [-0.3, -0.25) is 4.79 Å². The van der Waals surface area contributed by atoms with Gasteiger partial charge in [0.1, 0.15) is 11.2 Å². The number of benzene rings is 1. The van der Waals surface area contributed by atoms with E-state index in [9.17, 15) is 9.59 Å². The summed E-state index contributed by atoms with van der Waals surface area (Å²) in [5.74, 6) is -0.596. The van der Waals surface area contributed by atoms with E-state index in [4.69, 9.17) is 4.74 Å². The average Bonchev–Trinajstić information content (AvgIpc) is 2.93. The first-order chi connectivity index (χ1) is 10.7. The Balaban J connectivity index is 2.01. The van der Waals surface area contributed by atoms with Crippen LogP contribution in [-0.2, 0) is 11.3 Å². The van der Waals surface area contributed by atoms with E-state index in [0.717, 1.165) is 5.56 Å². The second-order valence-corrected chi connectivity index (χ2v) is 4.94. The van der Waals surface area contributed by atoms with E-state index in [2.05, 4.69) is 4.98 Å². The molecule has 1 N–H and O–H groups in total. The second-order valence-electron chi connectivity index (χ2n) is 4.94. The van der Waals surface area contributed by atoms with Crippen molar-refractivity contribution >= 4 is 17.0 Å². The molecule has 3 rings (SSSR count). The van der Waals surface area contributed by atoms with Crippen LogP contribution in [0.5, 0.6) is 0 Å². The fourth-order valence-corrected chi connectivity index (χ4v) is 2.44. The minimum atomic E-state index is -0.596. The lowest BCUT2D eigenvalue weighted by Crippen LogP contribution is -2.18. The first kappa shape index (κ1) is 14.1. The minimum absolute atomic E-state index is 0.0341. The van der Waals surface area contributed by atoms with Gasteiger partial charge in [-0.1, -0.05) is 30.3 Å². The third kappa shape index (κ3) is 2.53. The Morgan fingerprint density at radius 2 is 2.00 bits per heavy atom. The molecule has 0 unspecified atom stereocenters. The van der Waals surface area contributed by atoms with Crippen molar-refractivity contribution in [2.45, 2.75) is 13.5 Å². The smallest absolute Gasteiger partial charge is 0.343 e. The van der Waals surface area contributed by atoms with Crippen molar-refractivity contribution in [3.63, 3.8) is 0 Å². The van der Waals surface area contributed by atoms with Crippen LogP contribution in [0.15, 0.2) is 53.6 Å². The molecule has 0 aliphatic heterocycles. The Morgan fingerprint density at radius 3 is 2.73 bits per heavy atom. The quantitative estimate of drug-likeness (QED) is 0.753. The number of hydrogen-bond donors (Lipinski definition) is 1. The summed E-state index contributed by atoms with van der Waals surface area (Å²) in [6.45, 7) is 2.60. The Bertz CT molecular complexity index is 862. The highest BCUT2D eigenvalue weighted by molar-refractivity contribution is 5.93. The van der Waals surface area contributed by atoms with E-state index in [0.29, 0.717) is 17.6 Å². The summed E-state index contributed by atoms with van der Waals surface area (Å²) >= 11 is 0. The van der Waals surface area contributed by atoms with Gasteiger partial charge >= 0.3 is 5.97 Å². The van der Waals surface area contributed by atoms with Crippen molar-refractivity contribution in [1.82, 2.24) is 9.55 Å². The number of nitrogens with one attached hydrogen (secondary N) is 1. The van der Waals surface area contributed by atoms with Gasteiger partial charge in [-0.2, -0.15) is 0 Å². The molecular formula is C17H16N2O3. The molecule has 1 aromatic carbocycles. The van der Waals surface area contributed by atoms with Gasteiger partial charge in [0.2, 0.25) is 5.43 Å². The monoisotopic (exact) mass is 296 g/mol. The van der Waals surface area contributed by atoms with Crippen LogP contribution < -0.4 is 5.43 Å². The van der Waals surface area contributed by atoms with Crippen LogP contribution in [0, 0.1) is 0 Å². The highest BCUT2D eigenvalue weighted by atomic mass is 16.5. The lowest BCUT2D eigenvalue weighted by molar-refractivity contribution is 0.0524. The molecule has 5 nitrogen and oxygen atoms in total. The van der Waals surface area contributed by atoms with Crippen LogP contribution >= 0.6 is 0 Å². The maximum Gasteiger partial charge on any atom is 0.343 e. The minimum Gasteiger partial charge on any atom is -0.462 e. The van der Waals surface area contributed by atoms with Gasteiger partial charge in [0.15, 0.2) is 0 Å². The summed E-state index contributed by atoms with van der Waals surface area (Å²) in [6, 6.07) is 11.7. The van der Waals surface area contributed by atoms with Crippen molar-refractivity contribution in [3.05, 3.63) is 70.1 Å². The summed E-state index contributed by atoms with van der Waals surface area (Å²) < 4.78 is 6.84. The standard InChI is InChI=1S/C17H16N2O3/c1-2-22-17(21)14-10-18-16-13(15(14)20)8-9-19(16)11-12-6-4-3-5-7-12/h3-10H,2,11H2,1H3,(H,18,20). The molecule has 5 heteroatoms. The fraction of sp³-hybridized carbons (Fsp3) is 0.176. The summed E-state index contributed by atoms with van der Waals surface area (Å²) in [6.07, 6.45) is 3.26. The topological polar surface area (TPSA) is 64.1 Å². The van der Waals surface area contributed by atoms with E-state index in [-0.39, 0.29) is 17.6 Å². The zero-order valence-electron chi connectivity index (χ0n) is 12.2. The van der Waals surface area contributed by atoms with Gasteiger partial charge in [-0.05, 0) is 18.6 Å². The zero-order valence-corrected chi connectivity index (χ0v) is 12.2. The van der Waals surface area contributed by atoms with Crippen LogP contribution in [0.2, 0.25) is 0 Å². The number of nitrogens with zero attached hydrogens (tertiary/aromatic N) is 1. The predicted octanol–water partition coefficient (Wildman–Crippen LogP) is 2.55. The highest BCUT2D eigenvalue weighted by Crippen LogP contribution is 2.13. The number of H-pyrrole nitrogens is 1. The molecule has 3 aromatic rings. The van der Waals surface area contributed by atoms with Crippen molar-refractivity contribution in [2.24, 2.45) is 0 Å². The van der Waals surface area contributed by atoms with Crippen LogP contribution in [0.1, 0.15) is 22.8 Å². The van der Waals surface area contributed by atoms with Crippen LogP contribution in [0.3, 0.4) is 0 Å². The molecule has 0 aliphatic rings. The normalized spacial score (nSPS) is 10.8. The number of rotatable bonds is 4. The summed E-state index contributed by atoms with van der Waals surface area (Å²) in [4.78, 5) is 27.2. The van der Waals surface area contributed by atoms with Gasteiger partial charge in [0, 0.05) is 18.9 Å². The Kier molecular flexibility index (Phi) is 3.78. The van der Waals surface area contributed by atoms with E-state index in [1.54, 1.807) is 13.0 Å². The van der Waals surface area contributed by atoms with E-state index in [1.807, 2.05) is 41.1 Å². The number of aromatic amines is 1. The van der Waals surface area contributed by atoms with Crippen LogP contribution in [0.25, 0.3) is 11.0 Å². The maximum absolute atomic E-state index is 12.4. The first-order valence-corrected chi connectivity index (χ1v) is 7.12. The predicted molar refractivity (Wildman–Crippen MR) is 84.1 cm³/mol. The Morgan fingerprint density at radius 1 is 1.23 bits per heavy atom. The highest BCUT2D eigenvalue weighted by Gasteiger charge is 2.15. The van der Waals surface area contributed by atoms with Gasteiger partial charge in [0.25, 0.3) is 0 Å². The molecule has 0 amide bonds. The van der Waals surface area contributed by atoms with Crippen molar-refractivity contribution in [1.29, 1.82) is 0 Å². The molecule has 112 valence electrons. The molecule has 0 saturated carbocycles. The average molecular weight is 296 g/mol. The van der Waals surface area contributed by atoms with Gasteiger partial charge in [0.05, 0.1) is 12.0 Å². The first-order valence-electron chi connectivity index (χ1n) is 7.12. The largest absolute Gasteiger partial charge is 0.462 e. The number of ether oxygens (including phenoxy) is 1. The summed E-state index contributed by atoms with van der Waals surface area (Å²) in [5.41, 5.74) is 1.56. The number of carbonyl (C=O) groups excluding carboxylic acids is 1. The van der Waals surface area contributed by atoms with Gasteiger partial charge in [-0.25, -0.2) is 4.79 Å². The van der Waals surface area contributed by atoms with Crippen molar-refractivity contribution in [3.8, 4) is 0 Å². The van der Waals surface area contributed by atoms with E-state index in [1.165, 1.54) is 6.20 Å². The molecule has 0 fully saturated rings. The third-order valence-electron chi connectivity index (χ3n) is 3.50. The van der Waals surface area contributed by atoms with Crippen molar-refractivity contribution in [2.75, 3.05) is 6.61 Å². The molecule has 2 heterocycles. The Labute approximate surface area is 127 Å². The molecule has 0 atom stereocenters. The lowest BCUT2D eigenvalue weighted by atomic mass is 10.2. The fourth-order valence-electron chi connectivity index (χ4n) is 2.44. The molecule has 0 spiro atoms. The van der Waals surface area contributed by atoms with Crippen LogP contribution in [-0.4, -0.2) is 22.1 Å². The number of carbonyl (C=O) groups is 1. The molecule has 0 aliphatic carbocycles. The van der Waals surface area contributed by atoms with Gasteiger partial charge < -0.3 is 14.3 Å². The van der Waals surface area contributed by atoms with E-state index < -0.39 is 5.97 Å². The summed E-state index contributed by atoms with van der Waals surface area (Å²) in [5, 5.41) is 0.487. The molecule has 22 heavy (non-hydrogen) atoms. The number of hydrogen-bond acceptors (Lipinski definition) is 3. The number of esters is 1.